The van der Waals surface area contributed by atoms with Crippen LogP contribution in [0.2, 0.25) is 5.04 Å². The van der Waals surface area contributed by atoms with Gasteiger partial charge in [0.15, 0.2) is 0 Å². The Hall–Kier alpha value is -3.59. The van der Waals surface area contributed by atoms with E-state index in [1.54, 1.807) is 0 Å². The Morgan fingerprint density at radius 1 is 0.778 bits per heavy atom. The third kappa shape index (κ3) is 8.37. The maximum absolute atomic E-state index is 13.3. The molecule has 7 heteroatoms. The first kappa shape index (κ1) is 34.3. The molecule has 0 fully saturated rings. The Labute approximate surface area is 269 Å². The molecule has 0 saturated carbocycles. The Balaban J connectivity index is 1.69. The molecule has 0 heterocycles. The van der Waals surface area contributed by atoms with Crippen molar-refractivity contribution in [3.63, 3.8) is 0 Å². The van der Waals surface area contributed by atoms with Crippen molar-refractivity contribution < 1.29 is 28.5 Å². The number of aliphatic hydroxyl groups excluding tert-OH is 1. The maximum atomic E-state index is 13.3. The highest BCUT2D eigenvalue weighted by Crippen LogP contribution is 2.38. The van der Waals surface area contributed by atoms with Gasteiger partial charge in [0, 0.05) is 5.92 Å². The van der Waals surface area contributed by atoms with Crippen LogP contribution in [0.5, 0.6) is 0 Å². The molecule has 0 aromatic heterocycles. The molecule has 0 aliphatic carbocycles. The monoisotopic (exact) mass is 626 g/mol. The number of hydrogen-bond donors (Lipinski definition) is 1. The first-order valence-corrected chi connectivity index (χ1v) is 17.4. The summed E-state index contributed by atoms with van der Waals surface area (Å²) in [5.74, 6) is -1.91. The first-order valence-electron chi connectivity index (χ1n) is 15.5. The number of carbonyl (C=O) groups excluding carboxylic acids is 1. The summed E-state index contributed by atoms with van der Waals surface area (Å²) in [5, 5.41) is 13.5. The van der Waals surface area contributed by atoms with Crippen LogP contribution in [0.15, 0.2) is 121 Å². The Kier molecular flexibility index (Phi) is 12.3. The molecule has 1 N–H and O–H groups in total. The zero-order chi connectivity index (χ0) is 32.3. The molecule has 6 nitrogen and oxygen atoms in total. The molecule has 4 rings (SSSR count). The van der Waals surface area contributed by atoms with Crippen molar-refractivity contribution in [2.24, 2.45) is 11.8 Å². The van der Waals surface area contributed by atoms with Gasteiger partial charge in [-0.2, -0.15) is 0 Å². The van der Waals surface area contributed by atoms with Gasteiger partial charge in [0.1, 0.15) is 6.79 Å². The van der Waals surface area contributed by atoms with Crippen LogP contribution in [0.25, 0.3) is 0 Å². The Morgan fingerprint density at radius 3 is 1.76 bits per heavy atom. The number of ether oxygens (including phenoxy) is 3. The van der Waals surface area contributed by atoms with E-state index in [-0.39, 0.29) is 18.4 Å². The van der Waals surface area contributed by atoms with Gasteiger partial charge in [-0.3, -0.25) is 4.79 Å². The van der Waals surface area contributed by atoms with E-state index in [4.69, 9.17) is 18.6 Å². The minimum atomic E-state index is -2.92. The van der Waals surface area contributed by atoms with E-state index in [0.717, 1.165) is 15.9 Å². The van der Waals surface area contributed by atoms with Gasteiger partial charge in [0.2, 0.25) is 0 Å². The molecule has 4 aromatic rings. The molecule has 0 radical (unpaired) electrons. The summed E-state index contributed by atoms with van der Waals surface area (Å²) in [6.07, 6.45) is -1.71. The summed E-state index contributed by atoms with van der Waals surface area (Å²) >= 11 is 0. The molecule has 0 amide bonds. The van der Waals surface area contributed by atoms with Crippen LogP contribution in [0.1, 0.15) is 44.9 Å². The maximum Gasteiger partial charge on any atom is 0.312 e. The van der Waals surface area contributed by atoms with Gasteiger partial charge in [-0.1, -0.05) is 149 Å². The molecular weight excluding hydrogens is 580 g/mol. The number of aliphatic hydroxyl groups is 1. The summed E-state index contributed by atoms with van der Waals surface area (Å²) in [4.78, 5) is 13.3. The van der Waals surface area contributed by atoms with Crippen molar-refractivity contribution in [1.82, 2.24) is 0 Å². The molecule has 45 heavy (non-hydrogen) atoms. The lowest BCUT2D eigenvalue weighted by Gasteiger charge is -2.44. The largest absolute Gasteiger partial charge is 0.469 e. The van der Waals surface area contributed by atoms with E-state index < -0.39 is 38.3 Å². The molecule has 4 atom stereocenters. The normalized spacial score (nSPS) is 14.7. The summed E-state index contributed by atoms with van der Waals surface area (Å²) in [6, 6.07) is 39.9. The summed E-state index contributed by atoms with van der Waals surface area (Å²) in [6.45, 7) is 9.12. The van der Waals surface area contributed by atoms with Crippen LogP contribution in [0, 0.1) is 11.8 Å². The van der Waals surface area contributed by atoms with Crippen molar-refractivity contribution >= 4 is 24.7 Å². The van der Waals surface area contributed by atoms with Gasteiger partial charge in [-0.25, -0.2) is 0 Å². The fourth-order valence-corrected chi connectivity index (χ4v) is 10.6. The third-order valence-electron chi connectivity index (χ3n) is 8.47. The van der Waals surface area contributed by atoms with Gasteiger partial charge >= 0.3 is 5.97 Å². The Bertz CT molecular complexity index is 1390. The van der Waals surface area contributed by atoms with E-state index in [1.165, 1.54) is 7.11 Å². The quantitative estimate of drug-likeness (QED) is 0.0725. The molecular formula is C38H46O6Si. The van der Waals surface area contributed by atoms with Crippen molar-refractivity contribution in [3.8, 4) is 0 Å². The molecule has 0 unspecified atom stereocenters. The van der Waals surface area contributed by atoms with Crippen LogP contribution in [0.4, 0.5) is 0 Å². The topological polar surface area (TPSA) is 74.2 Å². The van der Waals surface area contributed by atoms with Crippen LogP contribution in [-0.4, -0.2) is 46.0 Å². The molecule has 0 aliphatic heterocycles. The van der Waals surface area contributed by atoms with Gasteiger partial charge < -0.3 is 23.7 Å². The zero-order valence-electron chi connectivity index (χ0n) is 27.0. The van der Waals surface area contributed by atoms with Crippen LogP contribution < -0.4 is 10.4 Å². The van der Waals surface area contributed by atoms with Crippen molar-refractivity contribution in [3.05, 3.63) is 132 Å². The van der Waals surface area contributed by atoms with Crippen molar-refractivity contribution in [2.45, 2.75) is 51.5 Å². The van der Waals surface area contributed by atoms with Gasteiger partial charge in [0.05, 0.1) is 38.4 Å². The van der Waals surface area contributed by atoms with E-state index >= 15 is 0 Å². The number of methoxy groups -OCH3 is 1. The van der Waals surface area contributed by atoms with Crippen molar-refractivity contribution in [1.29, 1.82) is 0 Å². The highest BCUT2D eigenvalue weighted by Gasteiger charge is 2.51. The number of benzene rings is 4. The predicted molar refractivity (Wildman–Crippen MR) is 181 cm³/mol. The molecule has 0 saturated heterocycles. The highest BCUT2D eigenvalue weighted by molar-refractivity contribution is 6.99. The second kappa shape index (κ2) is 16.1. The average molecular weight is 627 g/mol. The molecule has 0 aliphatic rings. The van der Waals surface area contributed by atoms with Crippen LogP contribution in [0.3, 0.4) is 0 Å². The van der Waals surface area contributed by atoms with Crippen LogP contribution >= 0.6 is 0 Å². The smallest absolute Gasteiger partial charge is 0.312 e. The minimum absolute atomic E-state index is 0.0106. The van der Waals surface area contributed by atoms with Gasteiger partial charge in [0.25, 0.3) is 8.32 Å². The van der Waals surface area contributed by atoms with Gasteiger partial charge in [-0.15, -0.1) is 0 Å². The fraction of sp³-hybridized carbons (Fsp3) is 0.342. The standard InChI is InChI=1S/C38H46O6Si/c1-29(35(37(40)41-5)36(39)31-20-12-7-13-21-31)34(43-28-42-26-30-18-10-6-11-19-30)27-44-45(38(2,3)4,32-22-14-8-15-23-32)33-24-16-9-17-25-33/h6-25,29,34-36,39H,26-28H2,1-5H3/t29-,34-,35-,36+/m1/s1. The van der Waals surface area contributed by atoms with Crippen LogP contribution in [-0.2, 0) is 30.0 Å². The number of esters is 1. The number of hydrogen-bond acceptors (Lipinski definition) is 6. The molecule has 0 bridgehead atoms. The summed E-state index contributed by atoms with van der Waals surface area (Å²) < 4.78 is 24.8. The third-order valence-corrected chi connectivity index (χ3v) is 13.5. The predicted octanol–water partition coefficient (Wildman–Crippen LogP) is 6.28. The fourth-order valence-electron chi connectivity index (χ4n) is 6.05. The lowest BCUT2D eigenvalue weighted by molar-refractivity contribution is -0.164. The lowest BCUT2D eigenvalue weighted by atomic mass is 9.82. The summed E-state index contributed by atoms with van der Waals surface area (Å²) in [7, 11) is -1.57. The lowest BCUT2D eigenvalue weighted by Crippen LogP contribution is -2.67. The Morgan fingerprint density at radius 2 is 1.27 bits per heavy atom. The summed E-state index contributed by atoms with van der Waals surface area (Å²) in [5.41, 5.74) is 1.66. The first-order chi connectivity index (χ1) is 21.7. The van der Waals surface area contributed by atoms with E-state index in [1.807, 2.05) is 104 Å². The molecule has 0 spiro atoms. The van der Waals surface area contributed by atoms with Gasteiger partial charge in [-0.05, 0) is 26.5 Å². The van der Waals surface area contributed by atoms with E-state index in [0.29, 0.717) is 12.2 Å². The van der Waals surface area contributed by atoms with Crippen molar-refractivity contribution in [2.75, 3.05) is 20.5 Å². The SMILES string of the molecule is COC(=O)[C@H]([C@H](C)[C@@H](CO[Si](c1ccccc1)(c1ccccc1)C(C)(C)C)OCOCc1ccccc1)[C@@H](O)c1ccccc1. The molecule has 4 aromatic carbocycles. The minimum Gasteiger partial charge on any atom is -0.469 e. The molecule has 238 valence electrons. The number of carbonyl (C=O) groups is 1. The van der Waals surface area contributed by atoms with E-state index in [9.17, 15) is 9.90 Å². The highest BCUT2D eigenvalue weighted by atomic mass is 28.4. The number of rotatable bonds is 15. The second-order valence-corrected chi connectivity index (χ2v) is 16.7. The van der Waals surface area contributed by atoms with E-state index in [2.05, 4.69) is 45.0 Å². The second-order valence-electron chi connectivity index (χ2n) is 12.4. The zero-order valence-corrected chi connectivity index (χ0v) is 28.0. The average Bonchev–Trinajstić information content (AvgIpc) is 3.07.